The molecule has 1 aromatic rings. The molecule has 0 bridgehead atoms. The summed E-state index contributed by atoms with van der Waals surface area (Å²) in [5.41, 5.74) is 0.157. The summed E-state index contributed by atoms with van der Waals surface area (Å²) in [6.07, 6.45) is 0. The standard InChI is InChI=1S/C6H11ClN4/c1-6(2,3)4-11-9-5(7)8-10-11/h4H2,1-3H3. The van der Waals surface area contributed by atoms with Crippen molar-refractivity contribution in [1.29, 1.82) is 0 Å². The van der Waals surface area contributed by atoms with Gasteiger partial charge in [-0.1, -0.05) is 25.9 Å². The van der Waals surface area contributed by atoms with Gasteiger partial charge in [0.15, 0.2) is 0 Å². The van der Waals surface area contributed by atoms with Crippen LogP contribution in [0.15, 0.2) is 0 Å². The summed E-state index contributed by atoms with van der Waals surface area (Å²) in [5, 5.41) is 11.4. The van der Waals surface area contributed by atoms with E-state index >= 15 is 0 Å². The lowest BCUT2D eigenvalue weighted by molar-refractivity contribution is 0.300. The van der Waals surface area contributed by atoms with Gasteiger partial charge in [0.2, 0.25) is 0 Å². The van der Waals surface area contributed by atoms with Crippen LogP contribution < -0.4 is 0 Å². The van der Waals surface area contributed by atoms with Gasteiger partial charge in [-0.15, -0.1) is 5.10 Å². The maximum Gasteiger partial charge on any atom is 0.264 e. The predicted octanol–water partition coefficient (Wildman–Crippen LogP) is 1.37. The summed E-state index contributed by atoms with van der Waals surface area (Å²) in [6, 6.07) is 0. The largest absolute Gasteiger partial charge is 0.264 e. The molecule has 62 valence electrons. The number of halogens is 1. The van der Waals surface area contributed by atoms with Crippen molar-refractivity contribution in [3.05, 3.63) is 5.28 Å². The van der Waals surface area contributed by atoms with E-state index in [-0.39, 0.29) is 10.7 Å². The minimum atomic E-state index is 0.157. The van der Waals surface area contributed by atoms with Gasteiger partial charge in [-0.25, -0.2) is 0 Å². The molecule has 11 heavy (non-hydrogen) atoms. The van der Waals surface area contributed by atoms with E-state index < -0.39 is 0 Å². The Labute approximate surface area is 70.5 Å². The molecule has 0 saturated heterocycles. The first-order valence-corrected chi connectivity index (χ1v) is 3.78. The highest BCUT2D eigenvalue weighted by Crippen LogP contribution is 2.14. The Bertz CT molecular complexity index is 237. The molecule has 0 aliphatic rings. The van der Waals surface area contributed by atoms with Gasteiger partial charge in [-0.2, -0.15) is 4.80 Å². The van der Waals surface area contributed by atoms with Crippen molar-refractivity contribution in [3.8, 4) is 0 Å². The molecule has 5 heteroatoms. The first kappa shape index (κ1) is 8.46. The van der Waals surface area contributed by atoms with Crippen LogP contribution in [-0.2, 0) is 6.54 Å². The Morgan fingerprint density at radius 3 is 2.45 bits per heavy atom. The van der Waals surface area contributed by atoms with E-state index in [0.29, 0.717) is 0 Å². The Hall–Kier alpha value is -0.640. The Balaban J connectivity index is 2.65. The SMILES string of the molecule is CC(C)(C)Cn1nnc(Cl)n1. The average Bonchev–Trinajstić information content (AvgIpc) is 2.10. The molecule has 0 aliphatic heterocycles. The molecule has 0 unspecified atom stereocenters. The Morgan fingerprint density at radius 1 is 1.45 bits per heavy atom. The van der Waals surface area contributed by atoms with E-state index in [1.165, 1.54) is 4.80 Å². The fourth-order valence-electron chi connectivity index (χ4n) is 0.715. The second-order valence-corrected chi connectivity index (χ2v) is 3.99. The third-order valence-corrected chi connectivity index (χ3v) is 1.20. The highest BCUT2D eigenvalue weighted by Gasteiger charge is 2.12. The molecule has 0 radical (unpaired) electrons. The summed E-state index contributed by atoms with van der Waals surface area (Å²) in [7, 11) is 0. The lowest BCUT2D eigenvalue weighted by atomic mass is 9.97. The van der Waals surface area contributed by atoms with Crippen molar-refractivity contribution >= 4 is 11.6 Å². The molecule has 0 aromatic carbocycles. The predicted molar refractivity (Wildman–Crippen MR) is 42.3 cm³/mol. The lowest BCUT2D eigenvalue weighted by Crippen LogP contribution is -2.17. The Morgan fingerprint density at radius 2 is 2.09 bits per heavy atom. The molecule has 1 rings (SSSR count). The molecular weight excluding hydrogens is 164 g/mol. The van der Waals surface area contributed by atoms with E-state index in [1.807, 2.05) is 0 Å². The zero-order chi connectivity index (χ0) is 8.48. The molecular formula is C6H11ClN4. The third kappa shape index (κ3) is 2.84. The highest BCUT2D eigenvalue weighted by atomic mass is 35.5. The van der Waals surface area contributed by atoms with Crippen LogP contribution in [0.2, 0.25) is 5.28 Å². The number of hydrogen-bond acceptors (Lipinski definition) is 3. The van der Waals surface area contributed by atoms with Crippen LogP contribution in [0.25, 0.3) is 0 Å². The van der Waals surface area contributed by atoms with Gasteiger partial charge in [-0.05, 0) is 22.2 Å². The number of nitrogens with zero attached hydrogens (tertiary/aromatic N) is 4. The lowest BCUT2D eigenvalue weighted by Gasteiger charge is -2.15. The van der Waals surface area contributed by atoms with E-state index in [4.69, 9.17) is 11.6 Å². The molecule has 0 saturated carbocycles. The Kier molecular flexibility index (Phi) is 2.13. The van der Waals surface area contributed by atoms with Gasteiger partial charge in [0, 0.05) is 0 Å². The minimum absolute atomic E-state index is 0.157. The quantitative estimate of drug-likeness (QED) is 0.646. The summed E-state index contributed by atoms with van der Waals surface area (Å²) in [5.74, 6) is 0. The number of tetrazole rings is 1. The monoisotopic (exact) mass is 174 g/mol. The minimum Gasteiger partial charge on any atom is -0.162 e. The maximum atomic E-state index is 5.48. The van der Waals surface area contributed by atoms with Gasteiger partial charge >= 0.3 is 0 Å². The van der Waals surface area contributed by atoms with E-state index in [1.54, 1.807) is 0 Å². The summed E-state index contributed by atoms with van der Waals surface area (Å²) >= 11 is 5.48. The molecule has 1 heterocycles. The first-order chi connectivity index (χ1) is 4.97. The molecule has 0 aliphatic carbocycles. The highest BCUT2D eigenvalue weighted by molar-refractivity contribution is 6.28. The van der Waals surface area contributed by atoms with Crippen LogP contribution in [0.1, 0.15) is 20.8 Å². The summed E-state index contributed by atoms with van der Waals surface area (Å²) in [4.78, 5) is 1.50. The molecule has 1 aromatic heterocycles. The van der Waals surface area contributed by atoms with Crippen LogP contribution in [0.4, 0.5) is 0 Å². The van der Waals surface area contributed by atoms with Crippen molar-refractivity contribution in [2.24, 2.45) is 5.41 Å². The van der Waals surface area contributed by atoms with Crippen molar-refractivity contribution in [2.75, 3.05) is 0 Å². The molecule has 0 spiro atoms. The van der Waals surface area contributed by atoms with Crippen LogP contribution in [-0.4, -0.2) is 20.2 Å². The van der Waals surface area contributed by atoms with Gasteiger partial charge in [-0.3, -0.25) is 0 Å². The van der Waals surface area contributed by atoms with Crippen molar-refractivity contribution < 1.29 is 0 Å². The zero-order valence-corrected chi connectivity index (χ0v) is 7.63. The van der Waals surface area contributed by atoms with Crippen LogP contribution in [0.3, 0.4) is 0 Å². The van der Waals surface area contributed by atoms with Gasteiger partial charge in [0.1, 0.15) is 0 Å². The fourth-order valence-corrected chi connectivity index (χ4v) is 0.836. The first-order valence-electron chi connectivity index (χ1n) is 3.41. The van der Waals surface area contributed by atoms with E-state index in [2.05, 4.69) is 36.2 Å². The molecule has 0 amide bonds. The molecule has 0 atom stereocenters. The number of rotatable bonds is 1. The summed E-state index contributed by atoms with van der Waals surface area (Å²) in [6.45, 7) is 7.03. The maximum absolute atomic E-state index is 5.48. The second-order valence-electron chi connectivity index (χ2n) is 3.65. The average molecular weight is 175 g/mol. The fraction of sp³-hybridized carbons (Fsp3) is 0.833. The van der Waals surface area contributed by atoms with E-state index in [9.17, 15) is 0 Å². The van der Waals surface area contributed by atoms with Crippen molar-refractivity contribution in [1.82, 2.24) is 20.2 Å². The summed E-state index contributed by atoms with van der Waals surface area (Å²) < 4.78 is 0. The van der Waals surface area contributed by atoms with Gasteiger partial charge in [0.25, 0.3) is 5.28 Å². The smallest absolute Gasteiger partial charge is 0.162 e. The normalized spacial score (nSPS) is 12.0. The third-order valence-electron chi connectivity index (χ3n) is 1.04. The van der Waals surface area contributed by atoms with Crippen molar-refractivity contribution in [3.63, 3.8) is 0 Å². The topological polar surface area (TPSA) is 43.6 Å². The van der Waals surface area contributed by atoms with Crippen LogP contribution in [0.5, 0.6) is 0 Å². The van der Waals surface area contributed by atoms with Crippen LogP contribution in [0, 0.1) is 5.41 Å². The number of hydrogen-bond donors (Lipinski definition) is 0. The molecule has 4 nitrogen and oxygen atoms in total. The number of aromatic nitrogens is 4. The molecule has 0 N–H and O–H groups in total. The van der Waals surface area contributed by atoms with E-state index in [0.717, 1.165) is 6.54 Å². The zero-order valence-electron chi connectivity index (χ0n) is 6.87. The molecule has 0 fully saturated rings. The van der Waals surface area contributed by atoms with Gasteiger partial charge < -0.3 is 0 Å². The second kappa shape index (κ2) is 2.77. The van der Waals surface area contributed by atoms with Crippen molar-refractivity contribution in [2.45, 2.75) is 27.3 Å². The van der Waals surface area contributed by atoms with Crippen LogP contribution >= 0.6 is 11.6 Å². The van der Waals surface area contributed by atoms with Gasteiger partial charge in [0.05, 0.1) is 6.54 Å².